The number of nitrogens with zero attached hydrogens (tertiary/aromatic N) is 2. The Kier molecular flexibility index (Phi) is 6.45. The maximum atomic E-state index is 12.7. The van der Waals surface area contributed by atoms with Gasteiger partial charge in [-0.25, -0.2) is 4.98 Å². The lowest BCUT2D eigenvalue weighted by Crippen LogP contribution is -2.48. The minimum atomic E-state index is -0.160. The average molecular weight is 367 g/mol. The number of likely N-dealkylation sites (tertiary alicyclic amines) is 1. The monoisotopic (exact) mass is 367 g/mol. The van der Waals surface area contributed by atoms with Crippen LogP contribution in [0.2, 0.25) is 0 Å². The summed E-state index contributed by atoms with van der Waals surface area (Å²) in [4.78, 5) is 19.3. The van der Waals surface area contributed by atoms with Gasteiger partial charge in [0.05, 0.1) is 6.04 Å². The summed E-state index contributed by atoms with van der Waals surface area (Å²) in [5.74, 6) is 0.772. The maximum Gasteiger partial charge on any atom is 0.241 e. The fraction of sp³-hybridized carbons (Fsp3) is 0.455. The fourth-order valence-corrected chi connectivity index (χ4v) is 3.49. The van der Waals surface area contributed by atoms with Crippen LogP contribution in [-0.4, -0.2) is 41.0 Å². The van der Waals surface area contributed by atoms with E-state index in [0.29, 0.717) is 0 Å². The molecule has 1 amide bonds. The van der Waals surface area contributed by atoms with Crippen molar-refractivity contribution in [3.8, 4) is 5.88 Å². The van der Waals surface area contributed by atoms with Crippen molar-refractivity contribution in [2.75, 3.05) is 18.4 Å². The quantitative estimate of drug-likeness (QED) is 0.843. The number of hydrogen-bond donors (Lipinski definition) is 1. The molecule has 3 rings (SSSR count). The van der Waals surface area contributed by atoms with Gasteiger partial charge in [0, 0.05) is 30.5 Å². The number of nitrogens with one attached hydrogen (secondary N) is 1. The van der Waals surface area contributed by atoms with Gasteiger partial charge in [0.15, 0.2) is 0 Å². The highest BCUT2D eigenvalue weighted by Gasteiger charge is 2.28. The zero-order valence-corrected chi connectivity index (χ0v) is 16.4. The van der Waals surface area contributed by atoms with Crippen LogP contribution < -0.4 is 10.1 Å². The van der Waals surface area contributed by atoms with Crippen LogP contribution in [0.5, 0.6) is 5.88 Å². The third-order valence-corrected chi connectivity index (χ3v) is 5.30. The molecule has 27 heavy (non-hydrogen) atoms. The van der Waals surface area contributed by atoms with E-state index in [1.54, 1.807) is 6.20 Å². The minimum Gasteiger partial charge on any atom is -0.474 e. The molecule has 0 saturated carbocycles. The summed E-state index contributed by atoms with van der Waals surface area (Å²) in [6.07, 6.45) is 4.63. The van der Waals surface area contributed by atoms with Crippen molar-refractivity contribution >= 4 is 11.6 Å². The normalized spacial score (nSPS) is 16.7. The molecule has 1 atom stereocenters. The van der Waals surface area contributed by atoms with E-state index in [1.807, 2.05) is 44.2 Å². The van der Waals surface area contributed by atoms with Crippen molar-refractivity contribution < 1.29 is 9.53 Å². The number of carbonyl (C=O) groups is 1. The molecule has 1 N–H and O–H groups in total. The van der Waals surface area contributed by atoms with Gasteiger partial charge in [-0.1, -0.05) is 31.2 Å². The van der Waals surface area contributed by atoms with Gasteiger partial charge >= 0.3 is 0 Å². The first-order valence-corrected chi connectivity index (χ1v) is 9.79. The van der Waals surface area contributed by atoms with Gasteiger partial charge in [-0.15, -0.1) is 0 Å². The van der Waals surface area contributed by atoms with Crippen LogP contribution in [0.3, 0.4) is 0 Å². The Morgan fingerprint density at radius 2 is 2.00 bits per heavy atom. The summed E-state index contributed by atoms with van der Waals surface area (Å²) in [6.45, 7) is 7.79. The second-order valence-corrected chi connectivity index (χ2v) is 7.15. The molecule has 1 unspecified atom stereocenters. The molecule has 2 aromatic rings. The molecule has 5 heteroatoms. The van der Waals surface area contributed by atoms with Crippen molar-refractivity contribution in [1.82, 2.24) is 9.88 Å². The Labute approximate surface area is 161 Å². The highest BCUT2D eigenvalue weighted by atomic mass is 16.5. The molecule has 1 aliphatic rings. The van der Waals surface area contributed by atoms with E-state index < -0.39 is 0 Å². The molecule has 1 aromatic carbocycles. The van der Waals surface area contributed by atoms with E-state index >= 15 is 0 Å². The van der Waals surface area contributed by atoms with E-state index in [4.69, 9.17) is 4.74 Å². The van der Waals surface area contributed by atoms with Crippen molar-refractivity contribution in [2.45, 2.75) is 52.2 Å². The Balaban J connectivity index is 1.52. The molecule has 0 radical (unpaired) electrons. The third kappa shape index (κ3) is 4.86. The lowest BCUT2D eigenvalue weighted by atomic mass is 10.1. The molecule has 0 aliphatic carbocycles. The topological polar surface area (TPSA) is 54.5 Å². The summed E-state index contributed by atoms with van der Waals surface area (Å²) in [7, 11) is 0. The van der Waals surface area contributed by atoms with Crippen LogP contribution in [0.1, 0.15) is 37.8 Å². The second kappa shape index (κ2) is 9.00. The number of aromatic nitrogens is 1. The number of anilines is 1. The molecule has 1 aromatic heterocycles. The largest absolute Gasteiger partial charge is 0.474 e. The predicted octanol–water partition coefficient (Wildman–Crippen LogP) is 3.82. The number of rotatable bonds is 6. The summed E-state index contributed by atoms with van der Waals surface area (Å²) in [5.41, 5.74) is 3.14. The molecular formula is C22H29N3O2. The summed E-state index contributed by atoms with van der Waals surface area (Å²) in [5, 5.41) is 3.10. The molecular weight excluding hydrogens is 338 g/mol. The van der Waals surface area contributed by atoms with Gasteiger partial charge < -0.3 is 10.1 Å². The van der Waals surface area contributed by atoms with Gasteiger partial charge in [0.2, 0.25) is 11.8 Å². The fourth-order valence-electron chi connectivity index (χ4n) is 3.49. The Hall–Kier alpha value is -2.40. The Morgan fingerprint density at radius 1 is 1.26 bits per heavy atom. The van der Waals surface area contributed by atoms with Crippen molar-refractivity contribution in [3.05, 3.63) is 53.7 Å². The smallest absolute Gasteiger partial charge is 0.241 e. The molecule has 1 fully saturated rings. The highest BCUT2D eigenvalue weighted by Crippen LogP contribution is 2.22. The van der Waals surface area contributed by atoms with Gasteiger partial charge in [-0.3, -0.25) is 9.69 Å². The summed E-state index contributed by atoms with van der Waals surface area (Å²) in [6, 6.07) is 11.8. The number of pyridine rings is 1. The lowest BCUT2D eigenvalue weighted by Gasteiger charge is -2.35. The number of ether oxygens (including phenoxy) is 1. The number of benzene rings is 1. The molecule has 0 spiro atoms. The number of carbonyl (C=O) groups excluding carboxylic acids is 1. The molecule has 1 saturated heterocycles. The summed E-state index contributed by atoms with van der Waals surface area (Å²) >= 11 is 0. The zero-order valence-electron chi connectivity index (χ0n) is 16.4. The predicted molar refractivity (Wildman–Crippen MR) is 108 cm³/mol. The number of aryl methyl sites for hydroxylation is 2. The first-order valence-electron chi connectivity index (χ1n) is 9.79. The van der Waals surface area contributed by atoms with Gasteiger partial charge in [-0.2, -0.15) is 0 Å². The minimum absolute atomic E-state index is 0.0517. The lowest BCUT2D eigenvalue weighted by molar-refractivity contribution is -0.121. The molecule has 5 nitrogen and oxygen atoms in total. The average Bonchev–Trinajstić information content (AvgIpc) is 2.70. The van der Waals surface area contributed by atoms with Crippen LogP contribution in [0.25, 0.3) is 0 Å². The molecule has 2 heterocycles. The Morgan fingerprint density at radius 3 is 2.70 bits per heavy atom. The van der Waals surface area contributed by atoms with Gasteiger partial charge in [0.1, 0.15) is 6.10 Å². The number of hydrogen-bond acceptors (Lipinski definition) is 4. The highest BCUT2D eigenvalue weighted by molar-refractivity contribution is 5.95. The number of para-hydroxylation sites is 1. The molecule has 144 valence electrons. The molecule has 1 aliphatic heterocycles. The SMILES string of the molecule is CCc1ccccc1NC(=O)C(C)N1CCC(Oc2ncccc2C)CC1. The van der Waals surface area contributed by atoms with E-state index in [9.17, 15) is 4.79 Å². The van der Waals surface area contributed by atoms with Gasteiger partial charge in [-0.05, 0) is 50.8 Å². The van der Waals surface area contributed by atoms with Crippen LogP contribution in [0, 0.1) is 6.92 Å². The van der Waals surface area contributed by atoms with Crippen LogP contribution in [-0.2, 0) is 11.2 Å². The maximum absolute atomic E-state index is 12.7. The van der Waals surface area contributed by atoms with Crippen LogP contribution in [0.4, 0.5) is 5.69 Å². The van der Waals surface area contributed by atoms with Crippen LogP contribution >= 0.6 is 0 Å². The standard InChI is InChI=1S/C22H29N3O2/c1-4-18-9-5-6-10-20(18)24-21(26)17(3)25-14-11-19(12-15-25)27-22-16(2)8-7-13-23-22/h5-10,13,17,19H,4,11-12,14-15H2,1-3H3,(H,24,26). The first kappa shape index (κ1) is 19.4. The summed E-state index contributed by atoms with van der Waals surface area (Å²) < 4.78 is 6.06. The third-order valence-electron chi connectivity index (χ3n) is 5.30. The zero-order chi connectivity index (χ0) is 19.2. The number of piperidine rings is 1. The second-order valence-electron chi connectivity index (χ2n) is 7.15. The van der Waals surface area contributed by atoms with E-state index in [1.165, 1.54) is 0 Å². The van der Waals surface area contributed by atoms with E-state index in [2.05, 4.69) is 28.2 Å². The first-order chi connectivity index (χ1) is 13.1. The van der Waals surface area contributed by atoms with Crippen molar-refractivity contribution in [3.63, 3.8) is 0 Å². The van der Waals surface area contributed by atoms with Gasteiger partial charge in [0.25, 0.3) is 0 Å². The number of amides is 1. The molecule has 0 bridgehead atoms. The van der Waals surface area contributed by atoms with Crippen molar-refractivity contribution in [2.24, 2.45) is 0 Å². The van der Waals surface area contributed by atoms with E-state index in [-0.39, 0.29) is 18.1 Å². The van der Waals surface area contributed by atoms with Crippen molar-refractivity contribution in [1.29, 1.82) is 0 Å². The van der Waals surface area contributed by atoms with Crippen LogP contribution in [0.15, 0.2) is 42.6 Å². The Bertz CT molecular complexity index is 770. The van der Waals surface area contributed by atoms with E-state index in [0.717, 1.165) is 55.0 Å².